The standard InChI is InChI=1S/C14H24ClNO4S/c1-3-13(14-16-12(10-15)11-21-14)20-9-8-19-7-6-18-5-4-17-2/h11,13H,3-10H2,1-2H3. The number of thiazole rings is 1. The second-order valence-electron chi connectivity index (χ2n) is 4.30. The number of ether oxygens (including phenoxy) is 4. The van der Waals surface area contributed by atoms with E-state index in [1.54, 1.807) is 18.4 Å². The van der Waals surface area contributed by atoms with E-state index in [-0.39, 0.29) is 6.10 Å². The first-order valence-corrected chi connectivity index (χ1v) is 8.49. The predicted molar refractivity (Wildman–Crippen MR) is 84.2 cm³/mol. The third-order valence-electron chi connectivity index (χ3n) is 2.70. The SMILES string of the molecule is CCC(OCCOCCOCCOC)c1nc(CCl)cs1. The molecule has 0 aliphatic rings. The topological polar surface area (TPSA) is 49.8 Å². The molecule has 122 valence electrons. The van der Waals surface area contributed by atoms with Crippen LogP contribution >= 0.6 is 22.9 Å². The molecule has 1 aromatic rings. The van der Waals surface area contributed by atoms with Gasteiger partial charge in [-0.05, 0) is 6.42 Å². The third-order valence-corrected chi connectivity index (χ3v) is 3.96. The molecule has 0 N–H and O–H groups in total. The summed E-state index contributed by atoms with van der Waals surface area (Å²) in [5.74, 6) is 0.444. The van der Waals surface area contributed by atoms with Crippen molar-refractivity contribution in [3.8, 4) is 0 Å². The van der Waals surface area contributed by atoms with Crippen LogP contribution in [0.1, 0.15) is 30.2 Å². The van der Waals surface area contributed by atoms with E-state index in [2.05, 4.69) is 11.9 Å². The summed E-state index contributed by atoms with van der Waals surface area (Å²) in [7, 11) is 1.65. The molecular weight excluding hydrogens is 314 g/mol. The Morgan fingerprint density at radius 1 is 1.14 bits per heavy atom. The van der Waals surface area contributed by atoms with Crippen molar-refractivity contribution in [3.05, 3.63) is 16.1 Å². The van der Waals surface area contributed by atoms with E-state index in [0.717, 1.165) is 17.1 Å². The van der Waals surface area contributed by atoms with Gasteiger partial charge in [0, 0.05) is 12.5 Å². The smallest absolute Gasteiger partial charge is 0.122 e. The van der Waals surface area contributed by atoms with Crippen LogP contribution in [0.25, 0.3) is 0 Å². The minimum absolute atomic E-state index is 0.0218. The molecule has 0 amide bonds. The lowest BCUT2D eigenvalue weighted by atomic mass is 10.3. The molecule has 21 heavy (non-hydrogen) atoms. The van der Waals surface area contributed by atoms with Gasteiger partial charge in [0.15, 0.2) is 0 Å². The maximum atomic E-state index is 5.80. The van der Waals surface area contributed by atoms with Gasteiger partial charge >= 0.3 is 0 Å². The first-order valence-electron chi connectivity index (χ1n) is 7.08. The minimum atomic E-state index is 0.0218. The molecule has 0 saturated carbocycles. The number of methoxy groups -OCH3 is 1. The lowest BCUT2D eigenvalue weighted by Crippen LogP contribution is -2.13. The fourth-order valence-corrected chi connectivity index (χ4v) is 2.79. The molecule has 0 aliphatic heterocycles. The van der Waals surface area contributed by atoms with Gasteiger partial charge in [0.05, 0.1) is 51.2 Å². The Morgan fingerprint density at radius 3 is 2.38 bits per heavy atom. The molecule has 1 atom stereocenters. The van der Waals surface area contributed by atoms with Crippen LogP contribution in [-0.4, -0.2) is 51.7 Å². The minimum Gasteiger partial charge on any atom is -0.382 e. The summed E-state index contributed by atoms with van der Waals surface area (Å²) < 4.78 is 21.4. The van der Waals surface area contributed by atoms with E-state index in [9.17, 15) is 0 Å². The zero-order valence-electron chi connectivity index (χ0n) is 12.7. The van der Waals surface area contributed by atoms with Gasteiger partial charge in [-0.3, -0.25) is 0 Å². The summed E-state index contributed by atoms with van der Waals surface area (Å²) in [4.78, 5) is 4.45. The molecule has 0 saturated heterocycles. The van der Waals surface area contributed by atoms with E-state index >= 15 is 0 Å². The molecule has 1 rings (SSSR count). The van der Waals surface area contributed by atoms with Crippen LogP contribution in [0.4, 0.5) is 0 Å². The Bertz CT molecular complexity index is 364. The quantitative estimate of drug-likeness (QED) is 0.409. The van der Waals surface area contributed by atoms with Gasteiger partial charge in [0.2, 0.25) is 0 Å². The molecule has 1 heterocycles. The van der Waals surface area contributed by atoms with Gasteiger partial charge < -0.3 is 18.9 Å². The highest BCUT2D eigenvalue weighted by atomic mass is 35.5. The zero-order valence-corrected chi connectivity index (χ0v) is 14.3. The second kappa shape index (κ2) is 12.3. The Morgan fingerprint density at radius 2 is 1.81 bits per heavy atom. The monoisotopic (exact) mass is 337 g/mol. The number of hydrogen-bond donors (Lipinski definition) is 0. The number of nitrogens with zero attached hydrogens (tertiary/aromatic N) is 1. The zero-order chi connectivity index (χ0) is 15.3. The van der Waals surface area contributed by atoms with Crippen LogP contribution in [0.3, 0.4) is 0 Å². The first-order chi connectivity index (χ1) is 10.3. The van der Waals surface area contributed by atoms with Crippen molar-refractivity contribution in [2.24, 2.45) is 0 Å². The molecule has 7 heteroatoms. The lowest BCUT2D eigenvalue weighted by Gasteiger charge is -2.13. The lowest BCUT2D eigenvalue weighted by molar-refractivity contribution is -0.0179. The molecular formula is C14H24ClNO4S. The van der Waals surface area contributed by atoms with Gasteiger partial charge in [-0.1, -0.05) is 6.92 Å². The fourth-order valence-electron chi connectivity index (χ4n) is 1.61. The predicted octanol–water partition coefficient (Wildman–Crippen LogP) is 3.03. The summed E-state index contributed by atoms with van der Waals surface area (Å²) >= 11 is 7.35. The van der Waals surface area contributed by atoms with Crippen LogP contribution in [0.2, 0.25) is 0 Å². The average molecular weight is 338 g/mol. The van der Waals surface area contributed by atoms with Crippen molar-refractivity contribution in [2.45, 2.75) is 25.3 Å². The van der Waals surface area contributed by atoms with Crippen LogP contribution in [0, 0.1) is 0 Å². The third kappa shape index (κ3) is 8.09. The van der Waals surface area contributed by atoms with E-state index in [1.807, 2.05) is 5.38 Å². The first kappa shape index (κ1) is 18.8. The van der Waals surface area contributed by atoms with Crippen LogP contribution in [0.15, 0.2) is 5.38 Å². The van der Waals surface area contributed by atoms with Crippen LogP contribution in [0.5, 0.6) is 0 Å². The average Bonchev–Trinajstić information content (AvgIpc) is 2.98. The summed E-state index contributed by atoms with van der Waals surface area (Å²) in [6, 6.07) is 0. The number of aromatic nitrogens is 1. The Balaban J connectivity index is 2.07. The molecule has 0 fully saturated rings. The van der Waals surface area contributed by atoms with Gasteiger partial charge in [-0.25, -0.2) is 4.98 Å². The maximum Gasteiger partial charge on any atom is 0.122 e. The summed E-state index contributed by atoms with van der Waals surface area (Å²) in [5.41, 5.74) is 0.906. The van der Waals surface area contributed by atoms with E-state index in [0.29, 0.717) is 45.5 Å². The number of hydrogen-bond acceptors (Lipinski definition) is 6. The highest BCUT2D eigenvalue weighted by Crippen LogP contribution is 2.24. The molecule has 0 radical (unpaired) electrons. The van der Waals surface area contributed by atoms with Crippen molar-refractivity contribution >= 4 is 22.9 Å². The summed E-state index contributed by atoms with van der Waals surface area (Å²) in [5, 5.41) is 2.96. The highest BCUT2D eigenvalue weighted by molar-refractivity contribution is 7.09. The van der Waals surface area contributed by atoms with Gasteiger partial charge in [-0.2, -0.15) is 0 Å². The molecule has 1 aromatic heterocycles. The number of alkyl halides is 1. The van der Waals surface area contributed by atoms with E-state index < -0.39 is 0 Å². The van der Waals surface area contributed by atoms with E-state index in [4.69, 9.17) is 30.5 Å². The summed E-state index contributed by atoms with van der Waals surface area (Å²) in [6.07, 6.45) is 0.906. The van der Waals surface area contributed by atoms with Crippen molar-refractivity contribution in [2.75, 3.05) is 46.8 Å². The maximum absolute atomic E-state index is 5.80. The molecule has 0 bridgehead atoms. The molecule has 0 spiro atoms. The Hall–Kier alpha value is -0.240. The molecule has 1 unspecified atom stereocenters. The largest absolute Gasteiger partial charge is 0.382 e. The van der Waals surface area contributed by atoms with Crippen LogP contribution in [-0.2, 0) is 24.8 Å². The highest BCUT2D eigenvalue weighted by Gasteiger charge is 2.13. The van der Waals surface area contributed by atoms with Gasteiger partial charge in [0.1, 0.15) is 11.1 Å². The van der Waals surface area contributed by atoms with Gasteiger partial charge in [0.25, 0.3) is 0 Å². The molecule has 5 nitrogen and oxygen atoms in total. The van der Waals surface area contributed by atoms with Crippen molar-refractivity contribution in [3.63, 3.8) is 0 Å². The van der Waals surface area contributed by atoms with Gasteiger partial charge in [-0.15, -0.1) is 22.9 Å². The van der Waals surface area contributed by atoms with Crippen molar-refractivity contribution < 1.29 is 18.9 Å². The molecule has 0 aliphatic carbocycles. The van der Waals surface area contributed by atoms with Crippen molar-refractivity contribution in [1.82, 2.24) is 4.98 Å². The second-order valence-corrected chi connectivity index (χ2v) is 5.45. The Labute approximate surface area is 135 Å². The van der Waals surface area contributed by atoms with Crippen molar-refractivity contribution in [1.29, 1.82) is 0 Å². The number of rotatable bonds is 13. The normalized spacial score (nSPS) is 12.7. The van der Waals surface area contributed by atoms with E-state index in [1.165, 1.54) is 0 Å². The molecule has 0 aromatic carbocycles. The Kier molecular flexibility index (Phi) is 11.0. The summed E-state index contributed by atoms with van der Waals surface area (Å²) in [6.45, 7) is 5.53. The fraction of sp³-hybridized carbons (Fsp3) is 0.786. The van der Waals surface area contributed by atoms with Crippen LogP contribution < -0.4 is 0 Å². The number of halogens is 1.